The maximum absolute atomic E-state index is 15.2. The average molecular weight is 451 g/mol. The van der Waals surface area contributed by atoms with Gasteiger partial charge >= 0.3 is 5.69 Å². The van der Waals surface area contributed by atoms with E-state index in [1.165, 1.54) is 10.6 Å². The first-order valence-electron chi connectivity index (χ1n) is 11.3. The first-order chi connectivity index (χ1) is 15.9. The van der Waals surface area contributed by atoms with E-state index in [-0.39, 0.29) is 23.4 Å². The average Bonchev–Trinajstić information content (AvgIpc) is 3.46. The van der Waals surface area contributed by atoms with Gasteiger partial charge in [0.25, 0.3) is 0 Å². The number of halogens is 1. The van der Waals surface area contributed by atoms with Gasteiger partial charge in [0.05, 0.1) is 12.8 Å². The van der Waals surface area contributed by atoms with Crippen LogP contribution in [0.3, 0.4) is 0 Å². The zero-order chi connectivity index (χ0) is 23.1. The molecule has 0 radical (unpaired) electrons. The van der Waals surface area contributed by atoms with Gasteiger partial charge in [-0.2, -0.15) is 5.10 Å². The first-order valence-corrected chi connectivity index (χ1v) is 11.3. The Balaban J connectivity index is 1.38. The molecule has 1 aliphatic carbocycles. The maximum atomic E-state index is 15.2. The van der Waals surface area contributed by atoms with Gasteiger partial charge in [-0.1, -0.05) is 18.2 Å². The topological polar surface area (TPSA) is 80.2 Å². The number of rotatable bonds is 6. The molecular formula is C25H27FN4O3. The van der Waals surface area contributed by atoms with Crippen molar-refractivity contribution in [3.8, 4) is 22.6 Å². The summed E-state index contributed by atoms with van der Waals surface area (Å²) < 4.78 is 21.9. The van der Waals surface area contributed by atoms with E-state index in [0.717, 1.165) is 42.7 Å². The highest BCUT2D eigenvalue weighted by Gasteiger charge is 2.37. The lowest BCUT2D eigenvalue weighted by atomic mass is 10.0. The minimum atomic E-state index is -0.506. The number of carbonyl (C=O) groups is 1. The number of amides is 1. The SMILES string of the molecule is COc1cc(-c2ccc(-n3c(CC4CCN(C(=O)C5CC5)C4)n[nH]c3=O)c(F)c2)ccc1C. The predicted molar refractivity (Wildman–Crippen MR) is 122 cm³/mol. The molecule has 3 aromatic rings. The van der Waals surface area contributed by atoms with Gasteiger partial charge in [-0.3, -0.25) is 4.79 Å². The van der Waals surface area contributed by atoms with Crippen molar-refractivity contribution in [2.24, 2.45) is 11.8 Å². The van der Waals surface area contributed by atoms with Crippen LogP contribution in [0.1, 0.15) is 30.7 Å². The van der Waals surface area contributed by atoms with Gasteiger partial charge in [-0.15, -0.1) is 0 Å². The third-order valence-electron chi connectivity index (χ3n) is 6.67. The van der Waals surface area contributed by atoms with E-state index in [4.69, 9.17) is 4.74 Å². The molecule has 33 heavy (non-hydrogen) atoms. The summed E-state index contributed by atoms with van der Waals surface area (Å²) in [6.07, 6.45) is 3.34. The number of hydrogen-bond acceptors (Lipinski definition) is 4. The molecule has 1 aromatic heterocycles. The summed E-state index contributed by atoms with van der Waals surface area (Å²) in [4.78, 5) is 26.8. The monoisotopic (exact) mass is 450 g/mol. The van der Waals surface area contributed by atoms with Crippen molar-refractivity contribution in [1.82, 2.24) is 19.7 Å². The number of aryl methyl sites for hydroxylation is 1. The molecule has 1 N–H and O–H groups in total. The molecular weight excluding hydrogens is 423 g/mol. The van der Waals surface area contributed by atoms with Crippen LogP contribution in [-0.4, -0.2) is 45.8 Å². The molecule has 0 bridgehead atoms. The highest BCUT2D eigenvalue weighted by atomic mass is 19.1. The number of likely N-dealkylation sites (tertiary alicyclic amines) is 1. The zero-order valence-corrected chi connectivity index (χ0v) is 18.8. The second-order valence-electron chi connectivity index (χ2n) is 9.05. The Morgan fingerprint density at radius 2 is 1.94 bits per heavy atom. The molecule has 1 saturated heterocycles. The molecule has 1 atom stereocenters. The molecule has 2 heterocycles. The van der Waals surface area contributed by atoms with Gasteiger partial charge < -0.3 is 9.64 Å². The standard InChI is InChI=1S/C25H27FN4O3/c1-15-3-4-19(13-22(15)33-2)18-7-8-21(20(26)12-18)30-23(27-28-25(30)32)11-16-9-10-29(14-16)24(31)17-5-6-17/h3-4,7-8,12-13,16-17H,5-6,9-11,14H2,1-2H3,(H,28,32). The predicted octanol–water partition coefficient (Wildman–Crippen LogP) is 3.48. The van der Waals surface area contributed by atoms with E-state index in [1.807, 2.05) is 30.0 Å². The molecule has 1 unspecified atom stereocenters. The smallest absolute Gasteiger partial charge is 0.348 e. The van der Waals surface area contributed by atoms with Crippen molar-refractivity contribution in [1.29, 1.82) is 0 Å². The van der Waals surface area contributed by atoms with Crippen LogP contribution in [0.4, 0.5) is 4.39 Å². The van der Waals surface area contributed by atoms with Gasteiger partial charge in [0, 0.05) is 25.4 Å². The van der Waals surface area contributed by atoms with E-state index < -0.39 is 11.5 Å². The summed E-state index contributed by atoms with van der Waals surface area (Å²) in [5, 5.41) is 6.63. The summed E-state index contributed by atoms with van der Waals surface area (Å²) in [7, 11) is 1.61. The molecule has 2 aromatic carbocycles. The van der Waals surface area contributed by atoms with Crippen molar-refractivity contribution in [2.45, 2.75) is 32.6 Å². The van der Waals surface area contributed by atoms with E-state index in [9.17, 15) is 9.59 Å². The number of carbonyl (C=O) groups excluding carboxylic acids is 1. The largest absolute Gasteiger partial charge is 0.496 e. The number of nitrogens with one attached hydrogen (secondary N) is 1. The van der Waals surface area contributed by atoms with Crippen LogP contribution in [0.5, 0.6) is 5.75 Å². The van der Waals surface area contributed by atoms with Gasteiger partial charge in [-0.05, 0) is 67.0 Å². The normalized spacial score (nSPS) is 18.0. The Bertz CT molecular complexity index is 1260. The van der Waals surface area contributed by atoms with E-state index in [0.29, 0.717) is 24.4 Å². The number of hydrogen-bond donors (Lipinski definition) is 1. The Kier molecular flexibility index (Phi) is 5.52. The van der Waals surface area contributed by atoms with Crippen molar-refractivity contribution in [3.63, 3.8) is 0 Å². The van der Waals surface area contributed by atoms with Crippen LogP contribution in [-0.2, 0) is 11.2 Å². The van der Waals surface area contributed by atoms with Crippen molar-refractivity contribution < 1.29 is 13.9 Å². The van der Waals surface area contributed by atoms with Crippen molar-refractivity contribution >= 4 is 5.91 Å². The molecule has 0 spiro atoms. The highest BCUT2D eigenvalue weighted by Crippen LogP contribution is 2.33. The number of aromatic nitrogens is 3. The number of ether oxygens (including phenoxy) is 1. The van der Waals surface area contributed by atoms with Crippen LogP contribution in [0.25, 0.3) is 16.8 Å². The Hall–Kier alpha value is -3.42. The van der Waals surface area contributed by atoms with Crippen molar-refractivity contribution in [3.05, 3.63) is 64.1 Å². The Morgan fingerprint density at radius 3 is 2.67 bits per heavy atom. The third kappa shape index (κ3) is 4.17. The lowest BCUT2D eigenvalue weighted by molar-refractivity contribution is -0.131. The summed E-state index contributed by atoms with van der Waals surface area (Å²) in [6, 6.07) is 10.5. The van der Waals surface area contributed by atoms with Gasteiger partial charge in [0.15, 0.2) is 0 Å². The molecule has 172 valence electrons. The first kappa shape index (κ1) is 21.4. The minimum absolute atomic E-state index is 0.162. The Labute approximate surface area is 191 Å². The van der Waals surface area contributed by atoms with E-state index in [2.05, 4.69) is 10.2 Å². The molecule has 1 saturated carbocycles. The lowest BCUT2D eigenvalue weighted by Gasteiger charge is -2.16. The van der Waals surface area contributed by atoms with Gasteiger partial charge in [0.1, 0.15) is 17.4 Å². The molecule has 1 amide bonds. The second kappa shape index (κ2) is 8.50. The summed E-state index contributed by atoms with van der Waals surface area (Å²) >= 11 is 0. The summed E-state index contributed by atoms with van der Waals surface area (Å²) in [6.45, 7) is 3.34. The maximum Gasteiger partial charge on any atom is 0.348 e. The summed E-state index contributed by atoms with van der Waals surface area (Å²) in [5.41, 5.74) is 2.21. The number of methoxy groups -OCH3 is 1. The molecule has 2 fully saturated rings. The van der Waals surface area contributed by atoms with Crippen LogP contribution < -0.4 is 10.4 Å². The number of aromatic amines is 1. The fourth-order valence-corrected chi connectivity index (χ4v) is 4.63. The molecule has 8 heteroatoms. The fraction of sp³-hybridized carbons (Fsp3) is 0.400. The van der Waals surface area contributed by atoms with Gasteiger partial charge in [-0.25, -0.2) is 18.9 Å². The summed E-state index contributed by atoms with van der Waals surface area (Å²) in [5.74, 6) is 1.35. The van der Waals surface area contributed by atoms with Crippen LogP contribution >= 0.6 is 0 Å². The molecule has 5 rings (SSSR count). The minimum Gasteiger partial charge on any atom is -0.496 e. The van der Waals surface area contributed by atoms with E-state index in [1.54, 1.807) is 19.2 Å². The molecule has 1 aliphatic heterocycles. The molecule has 7 nitrogen and oxygen atoms in total. The number of nitrogens with zero attached hydrogens (tertiary/aromatic N) is 3. The zero-order valence-electron chi connectivity index (χ0n) is 18.8. The number of benzene rings is 2. The third-order valence-corrected chi connectivity index (χ3v) is 6.67. The number of H-pyrrole nitrogens is 1. The van der Waals surface area contributed by atoms with Crippen molar-refractivity contribution in [2.75, 3.05) is 20.2 Å². The quantitative estimate of drug-likeness (QED) is 0.624. The lowest BCUT2D eigenvalue weighted by Crippen LogP contribution is -2.30. The fourth-order valence-electron chi connectivity index (χ4n) is 4.63. The Morgan fingerprint density at radius 1 is 1.18 bits per heavy atom. The van der Waals surface area contributed by atoms with Gasteiger partial charge in [0.2, 0.25) is 5.91 Å². The molecule has 2 aliphatic rings. The van der Waals surface area contributed by atoms with E-state index >= 15 is 4.39 Å². The highest BCUT2D eigenvalue weighted by molar-refractivity contribution is 5.81. The van der Waals surface area contributed by atoms with Crippen LogP contribution in [0, 0.1) is 24.6 Å². The second-order valence-corrected chi connectivity index (χ2v) is 9.05. The van der Waals surface area contributed by atoms with Crippen LogP contribution in [0.15, 0.2) is 41.2 Å². The van der Waals surface area contributed by atoms with Crippen LogP contribution in [0.2, 0.25) is 0 Å².